The maximum atomic E-state index is 4.59. The maximum absolute atomic E-state index is 4.59. The highest BCUT2D eigenvalue weighted by Crippen LogP contribution is 2.20. The van der Waals surface area contributed by atoms with Crippen molar-refractivity contribution in [2.45, 2.75) is 6.92 Å². The molecule has 0 aliphatic carbocycles. The molecule has 0 fully saturated rings. The standard InChI is InChI=1S/C15H11N5/c1-9-6-7-16-15-13(9)19-14(20-15)12-8-17-10-4-2-3-5-11(10)18-12/h2-8H,1H3,(H,16,19,20). The van der Waals surface area contributed by atoms with Crippen LogP contribution >= 0.6 is 0 Å². The van der Waals surface area contributed by atoms with Gasteiger partial charge in [0.25, 0.3) is 0 Å². The van der Waals surface area contributed by atoms with Gasteiger partial charge in [-0.1, -0.05) is 12.1 Å². The number of benzene rings is 1. The molecule has 4 rings (SSSR count). The number of nitrogens with one attached hydrogen (secondary N) is 1. The third-order valence-electron chi connectivity index (χ3n) is 3.29. The largest absolute Gasteiger partial charge is 0.335 e. The predicted molar refractivity (Wildman–Crippen MR) is 77.2 cm³/mol. The smallest absolute Gasteiger partial charge is 0.178 e. The van der Waals surface area contributed by atoms with Crippen molar-refractivity contribution in [2.75, 3.05) is 0 Å². The van der Waals surface area contributed by atoms with Crippen molar-refractivity contribution in [3.63, 3.8) is 0 Å². The van der Waals surface area contributed by atoms with Gasteiger partial charge in [0.15, 0.2) is 11.5 Å². The van der Waals surface area contributed by atoms with E-state index < -0.39 is 0 Å². The summed E-state index contributed by atoms with van der Waals surface area (Å²) in [6.45, 7) is 2.03. The highest BCUT2D eigenvalue weighted by molar-refractivity contribution is 5.80. The molecule has 0 bridgehead atoms. The lowest BCUT2D eigenvalue weighted by atomic mass is 10.3. The van der Waals surface area contributed by atoms with Crippen molar-refractivity contribution in [1.29, 1.82) is 0 Å². The number of pyridine rings is 1. The van der Waals surface area contributed by atoms with Gasteiger partial charge in [0, 0.05) is 6.20 Å². The van der Waals surface area contributed by atoms with Crippen molar-refractivity contribution in [1.82, 2.24) is 24.9 Å². The highest BCUT2D eigenvalue weighted by atomic mass is 15.0. The Kier molecular flexibility index (Phi) is 2.26. The first-order chi connectivity index (χ1) is 9.81. The number of nitrogens with zero attached hydrogens (tertiary/aromatic N) is 4. The number of hydrogen-bond donors (Lipinski definition) is 1. The molecule has 0 amide bonds. The quantitative estimate of drug-likeness (QED) is 0.572. The van der Waals surface area contributed by atoms with Gasteiger partial charge < -0.3 is 4.98 Å². The molecule has 0 aliphatic rings. The summed E-state index contributed by atoms with van der Waals surface area (Å²) in [6.07, 6.45) is 3.49. The summed E-state index contributed by atoms with van der Waals surface area (Å²) in [5, 5.41) is 0. The second-order valence-electron chi connectivity index (χ2n) is 4.66. The Hall–Kier alpha value is -2.82. The number of aromatic amines is 1. The fourth-order valence-corrected chi connectivity index (χ4v) is 2.23. The molecule has 4 aromatic rings. The van der Waals surface area contributed by atoms with E-state index in [-0.39, 0.29) is 0 Å². The zero-order chi connectivity index (χ0) is 13.5. The van der Waals surface area contributed by atoms with Gasteiger partial charge >= 0.3 is 0 Å². The Morgan fingerprint density at radius 2 is 1.80 bits per heavy atom. The van der Waals surface area contributed by atoms with Crippen molar-refractivity contribution in [3.8, 4) is 11.5 Å². The van der Waals surface area contributed by atoms with Gasteiger partial charge in [-0.05, 0) is 30.7 Å². The molecule has 20 heavy (non-hydrogen) atoms. The topological polar surface area (TPSA) is 67.3 Å². The van der Waals surface area contributed by atoms with Crippen LogP contribution in [0, 0.1) is 6.92 Å². The van der Waals surface area contributed by atoms with Crippen LogP contribution in [0.15, 0.2) is 42.7 Å². The van der Waals surface area contributed by atoms with Crippen LogP contribution < -0.4 is 0 Å². The number of aryl methyl sites for hydroxylation is 1. The van der Waals surface area contributed by atoms with Crippen LogP contribution in [0.1, 0.15) is 5.56 Å². The normalized spacial score (nSPS) is 11.2. The van der Waals surface area contributed by atoms with E-state index in [1.807, 2.05) is 37.3 Å². The highest BCUT2D eigenvalue weighted by Gasteiger charge is 2.09. The van der Waals surface area contributed by atoms with Crippen LogP contribution in [0.5, 0.6) is 0 Å². The molecule has 5 heteroatoms. The average molecular weight is 261 g/mol. The zero-order valence-corrected chi connectivity index (χ0v) is 10.8. The van der Waals surface area contributed by atoms with E-state index in [2.05, 4.69) is 24.9 Å². The van der Waals surface area contributed by atoms with Gasteiger partial charge in [0.2, 0.25) is 0 Å². The van der Waals surface area contributed by atoms with Gasteiger partial charge in [0.05, 0.1) is 22.7 Å². The van der Waals surface area contributed by atoms with E-state index >= 15 is 0 Å². The lowest BCUT2D eigenvalue weighted by Gasteiger charge is -1.98. The van der Waals surface area contributed by atoms with Gasteiger partial charge in [-0.2, -0.15) is 0 Å². The molecule has 0 radical (unpaired) electrons. The Balaban J connectivity index is 1.94. The molecule has 0 atom stereocenters. The SMILES string of the molecule is Cc1ccnc2nc(-c3cnc4ccccc4n3)[nH]c12. The summed E-state index contributed by atoms with van der Waals surface area (Å²) in [4.78, 5) is 21.0. The first kappa shape index (κ1) is 11.0. The summed E-state index contributed by atoms with van der Waals surface area (Å²) >= 11 is 0. The summed E-state index contributed by atoms with van der Waals surface area (Å²) in [7, 11) is 0. The summed E-state index contributed by atoms with van der Waals surface area (Å²) in [5.41, 5.74) is 5.22. The molecule has 0 unspecified atom stereocenters. The minimum Gasteiger partial charge on any atom is -0.335 e. The van der Waals surface area contributed by atoms with Gasteiger partial charge in [-0.15, -0.1) is 0 Å². The summed E-state index contributed by atoms with van der Waals surface area (Å²) in [6, 6.07) is 9.74. The van der Waals surface area contributed by atoms with Gasteiger partial charge in [-0.25, -0.2) is 15.0 Å². The zero-order valence-electron chi connectivity index (χ0n) is 10.8. The van der Waals surface area contributed by atoms with E-state index in [9.17, 15) is 0 Å². The molecule has 5 nitrogen and oxygen atoms in total. The Labute approximate surface area is 114 Å². The molecular formula is C15H11N5. The van der Waals surface area contributed by atoms with Crippen molar-refractivity contribution < 1.29 is 0 Å². The minimum atomic E-state index is 0.694. The third-order valence-corrected chi connectivity index (χ3v) is 3.29. The molecule has 0 saturated carbocycles. The fourth-order valence-electron chi connectivity index (χ4n) is 2.23. The number of para-hydroxylation sites is 2. The van der Waals surface area contributed by atoms with Crippen LogP contribution in [-0.4, -0.2) is 24.9 Å². The fraction of sp³-hybridized carbons (Fsp3) is 0.0667. The molecule has 1 N–H and O–H groups in total. The van der Waals surface area contributed by atoms with E-state index in [1.165, 1.54) is 0 Å². The van der Waals surface area contributed by atoms with Crippen LogP contribution in [0.4, 0.5) is 0 Å². The first-order valence-electron chi connectivity index (χ1n) is 6.35. The Morgan fingerprint density at radius 1 is 0.950 bits per heavy atom. The molecule has 0 aliphatic heterocycles. The number of rotatable bonds is 1. The van der Waals surface area contributed by atoms with E-state index in [1.54, 1.807) is 12.4 Å². The van der Waals surface area contributed by atoms with Crippen molar-refractivity contribution in [3.05, 3.63) is 48.3 Å². The van der Waals surface area contributed by atoms with Gasteiger partial charge in [-0.3, -0.25) is 4.98 Å². The monoisotopic (exact) mass is 261 g/mol. The van der Waals surface area contributed by atoms with E-state index in [0.717, 1.165) is 27.8 Å². The molecular weight excluding hydrogens is 250 g/mol. The summed E-state index contributed by atoms with van der Waals surface area (Å²) in [5.74, 6) is 0.694. The van der Waals surface area contributed by atoms with Crippen LogP contribution in [-0.2, 0) is 0 Å². The predicted octanol–water partition coefficient (Wildman–Crippen LogP) is 2.88. The van der Waals surface area contributed by atoms with E-state index in [4.69, 9.17) is 0 Å². The molecule has 3 aromatic heterocycles. The molecule has 0 spiro atoms. The number of H-pyrrole nitrogens is 1. The second kappa shape index (κ2) is 4.09. The number of aromatic nitrogens is 5. The Morgan fingerprint density at radius 3 is 2.65 bits per heavy atom. The Bertz CT molecular complexity index is 926. The van der Waals surface area contributed by atoms with Crippen LogP contribution in [0.2, 0.25) is 0 Å². The van der Waals surface area contributed by atoms with Gasteiger partial charge in [0.1, 0.15) is 5.69 Å². The number of fused-ring (bicyclic) bond motifs is 2. The van der Waals surface area contributed by atoms with Crippen LogP contribution in [0.3, 0.4) is 0 Å². The molecule has 96 valence electrons. The minimum absolute atomic E-state index is 0.694. The lowest BCUT2D eigenvalue weighted by Crippen LogP contribution is -1.89. The molecule has 1 aromatic carbocycles. The molecule has 3 heterocycles. The maximum Gasteiger partial charge on any atom is 0.178 e. The third kappa shape index (κ3) is 1.64. The number of hydrogen-bond acceptors (Lipinski definition) is 4. The van der Waals surface area contributed by atoms with Crippen molar-refractivity contribution >= 4 is 22.2 Å². The summed E-state index contributed by atoms with van der Waals surface area (Å²) < 4.78 is 0. The second-order valence-corrected chi connectivity index (χ2v) is 4.66. The molecule has 0 saturated heterocycles. The number of imidazole rings is 1. The van der Waals surface area contributed by atoms with E-state index in [0.29, 0.717) is 11.5 Å². The lowest BCUT2D eigenvalue weighted by molar-refractivity contribution is 1.22. The van der Waals surface area contributed by atoms with Crippen LogP contribution in [0.25, 0.3) is 33.7 Å². The average Bonchev–Trinajstić information content (AvgIpc) is 2.92. The first-order valence-corrected chi connectivity index (χ1v) is 6.35. The van der Waals surface area contributed by atoms with Crippen molar-refractivity contribution in [2.24, 2.45) is 0 Å².